The molecular weight excluding hydrogens is 286 g/mol. The molecule has 0 fully saturated rings. The van der Waals surface area contributed by atoms with Crippen LogP contribution in [0.15, 0.2) is 67.0 Å². The third-order valence-electron chi connectivity index (χ3n) is 3.48. The van der Waals surface area contributed by atoms with Crippen LogP contribution in [0.1, 0.15) is 11.1 Å². The van der Waals surface area contributed by atoms with E-state index < -0.39 is 0 Å². The van der Waals surface area contributed by atoms with Crippen LogP contribution in [0.3, 0.4) is 0 Å². The number of aromatic nitrogens is 2. The highest BCUT2D eigenvalue weighted by Crippen LogP contribution is 2.18. The molecule has 0 atom stereocenters. The van der Waals surface area contributed by atoms with Gasteiger partial charge in [0.15, 0.2) is 0 Å². The van der Waals surface area contributed by atoms with Crippen LogP contribution >= 0.6 is 0 Å². The van der Waals surface area contributed by atoms with Crippen molar-refractivity contribution in [2.45, 2.75) is 13.1 Å². The summed E-state index contributed by atoms with van der Waals surface area (Å²) in [6.45, 7) is 1.44. The maximum atomic E-state index is 5.92. The molecule has 3 rings (SSSR count). The maximum Gasteiger partial charge on any atom is 0.222 e. The average molecular weight is 305 g/mol. The number of nitrogen functional groups attached to an aromatic ring is 1. The zero-order valence-corrected chi connectivity index (χ0v) is 12.7. The van der Waals surface area contributed by atoms with Gasteiger partial charge < -0.3 is 16.4 Å². The topological polar surface area (TPSA) is 75.9 Å². The van der Waals surface area contributed by atoms with E-state index in [1.807, 2.05) is 24.3 Å². The van der Waals surface area contributed by atoms with Crippen LogP contribution in [0.5, 0.6) is 0 Å². The smallest absolute Gasteiger partial charge is 0.222 e. The SMILES string of the molecule is Nc1ccccc1NCc1ccc(CNc2ncccn2)cc1. The van der Waals surface area contributed by atoms with Gasteiger partial charge in [0.25, 0.3) is 0 Å². The fourth-order valence-corrected chi connectivity index (χ4v) is 2.20. The van der Waals surface area contributed by atoms with Crippen molar-refractivity contribution >= 4 is 17.3 Å². The lowest BCUT2D eigenvalue weighted by Gasteiger charge is -2.10. The molecule has 0 aliphatic rings. The number of para-hydroxylation sites is 2. The van der Waals surface area contributed by atoms with Gasteiger partial charge in [-0.25, -0.2) is 9.97 Å². The molecule has 0 aliphatic heterocycles. The zero-order valence-electron chi connectivity index (χ0n) is 12.7. The molecule has 0 aliphatic carbocycles. The molecule has 1 aromatic heterocycles. The van der Waals surface area contributed by atoms with Gasteiger partial charge >= 0.3 is 0 Å². The van der Waals surface area contributed by atoms with Gasteiger partial charge in [0, 0.05) is 25.5 Å². The van der Waals surface area contributed by atoms with E-state index >= 15 is 0 Å². The molecule has 1 heterocycles. The summed E-state index contributed by atoms with van der Waals surface area (Å²) in [4.78, 5) is 8.28. The summed E-state index contributed by atoms with van der Waals surface area (Å²) in [5.74, 6) is 0.637. The van der Waals surface area contributed by atoms with E-state index in [1.54, 1.807) is 18.5 Å². The largest absolute Gasteiger partial charge is 0.397 e. The molecule has 0 saturated heterocycles. The molecule has 116 valence electrons. The minimum atomic E-state index is 0.637. The fraction of sp³-hybridized carbons (Fsp3) is 0.111. The third kappa shape index (κ3) is 4.20. The molecule has 23 heavy (non-hydrogen) atoms. The van der Waals surface area contributed by atoms with Crippen molar-refractivity contribution in [1.29, 1.82) is 0 Å². The number of hydrogen-bond donors (Lipinski definition) is 3. The second-order valence-electron chi connectivity index (χ2n) is 5.18. The van der Waals surface area contributed by atoms with E-state index in [-0.39, 0.29) is 0 Å². The van der Waals surface area contributed by atoms with Gasteiger partial charge in [-0.05, 0) is 29.3 Å². The molecule has 0 spiro atoms. The standard InChI is InChI=1S/C18H19N5/c19-16-4-1-2-5-17(16)22-12-14-6-8-15(9-7-14)13-23-18-20-10-3-11-21-18/h1-11,22H,12-13,19H2,(H,20,21,23). The van der Waals surface area contributed by atoms with Crippen molar-refractivity contribution in [3.05, 3.63) is 78.1 Å². The van der Waals surface area contributed by atoms with Crippen LogP contribution in [0.4, 0.5) is 17.3 Å². The van der Waals surface area contributed by atoms with Crippen LogP contribution in [-0.4, -0.2) is 9.97 Å². The lowest BCUT2D eigenvalue weighted by Crippen LogP contribution is -2.04. The van der Waals surface area contributed by atoms with E-state index in [1.165, 1.54) is 11.1 Å². The summed E-state index contributed by atoms with van der Waals surface area (Å²) < 4.78 is 0. The van der Waals surface area contributed by atoms with Crippen molar-refractivity contribution in [2.75, 3.05) is 16.4 Å². The summed E-state index contributed by atoms with van der Waals surface area (Å²) in [6.07, 6.45) is 3.44. The molecule has 5 heteroatoms. The third-order valence-corrected chi connectivity index (χ3v) is 3.48. The van der Waals surface area contributed by atoms with E-state index in [4.69, 9.17) is 5.73 Å². The molecule has 0 saturated carbocycles. The summed E-state index contributed by atoms with van der Waals surface area (Å²) in [5.41, 5.74) is 10.0. The van der Waals surface area contributed by atoms with E-state index in [0.717, 1.165) is 17.9 Å². The highest BCUT2D eigenvalue weighted by atomic mass is 15.1. The Hall–Kier alpha value is -3.08. The Labute approximate surface area is 135 Å². The number of benzene rings is 2. The lowest BCUT2D eigenvalue weighted by atomic mass is 10.1. The van der Waals surface area contributed by atoms with Crippen LogP contribution in [-0.2, 0) is 13.1 Å². The molecule has 0 amide bonds. The van der Waals surface area contributed by atoms with Crippen LogP contribution in [0.2, 0.25) is 0 Å². The Morgan fingerprint density at radius 3 is 2.00 bits per heavy atom. The van der Waals surface area contributed by atoms with Crippen molar-refractivity contribution in [2.24, 2.45) is 0 Å². The van der Waals surface area contributed by atoms with E-state index in [0.29, 0.717) is 12.5 Å². The summed E-state index contributed by atoms with van der Waals surface area (Å²) in [7, 11) is 0. The first-order chi connectivity index (χ1) is 11.3. The number of nitrogens with one attached hydrogen (secondary N) is 2. The van der Waals surface area contributed by atoms with Crippen molar-refractivity contribution in [3.63, 3.8) is 0 Å². The second-order valence-corrected chi connectivity index (χ2v) is 5.18. The second kappa shape index (κ2) is 7.26. The Balaban J connectivity index is 1.54. The highest BCUT2D eigenvalue weighted by molar-refractivity contribution is 5.65. The molecule has 0 radical (unpaired) electrons. The van der Waals surface area contributed by atoms with E-state index in [2.05, 4.69) is 44.9 Å². The van der Waals surface area contributed by atoms with Crippen LogP contribution in [0, 0.1) is 0 Å². The number of anilines is 3. The van der Waals surface area contributed by atoms with Crippen molar-refractivity contribution in [3.8, 4) is 0 Å². The fourth-order valence-electron chi connectivity index (χ4n) is 2.20. The Bertz CT molecular complexity index is 741. The van der Waals surface area contributed by atoms with Gasteiger partial charge in [0.1, 0.15) is 0 Å². The number of nitrogens with zero attached hydrogens (tertiary/aromatic N) is 2. The average Bonchev–Trinajstić information content (AvgIpc) is 2.61. The first kappa shape index (κ1) is 14.8. The van der Waals surface area contributed by atoms with Crippen LogP contribution < -0.4 is 16.4 Å². The normalized spacial score (nSPS) is 10.3. The first-order valence-corrected chi connectivity index (χ1v) is 7.48. The number of hydrogen-bond acceptors (Lipinski definition) is 5. The molecule has 2 aromatic carbocycles. The van der Waals surface area contributed by atoms with Crippen molar-refractivity contribution < 1.29 is 0 Å². The van der Waals surface area contributed by atoms with Gasteiger partial charge in [-0.3, -0.25) is 0 Å². The van der Waals surface area contributed by atoms with Crippen LogP contribution in [0.25, 0.3) is 0 Å². The predicted molar refractivity (Wildman–Crippen MR) is 94.0 cm³/mol. The first-order valence-electron chi connectivity index (χ1n) is 7.48. The number of rotatable bonds is 6. The van der Waals surface area contributed by atoms with Gasteiger partial charge in [-0.2, -0.15) is 0 Å². The van der Waals surface area contributed by atoms with Gasteiger partial charge in [-0.1, -0.05) is 36.4 Å². The maximum absolute atomic E-state index is 5.92. The molecule has 5 nitrogen and oxygen atoms in total. The lowest BCUT2D eigenvalue weighted by molar-refractivity contribution is 1.05. The summed E-state index contributed by atoms with van der Waals surface area (Å²) >= 11 is 0. The monoisotopic (exact) mass is 305 g/mol. The van der Waals surface area contributed by atoms with Gasteiger partial charge in [0.05, 0.1) is 11.4 Å². The molecule has 4 N–H and O–H groups in total. The van der Waals surface area contributed by atoms with E-state index in [9.17, 15) is 0 Å². The van der Waals surface area contributed by atoms with Crippen molar-refractivity contribution in [1.82, 2.24) is 9.97 Å². The Kier molecular flexibility index (Phi) is 4.69. The quantitative estimate of drug-likeness (QED) is 0.609. The minimum absolute atomic E-state index is 0.637. The zero-order chi connectivity index (χ0) is 15.9. The molecule has 0 bridgehead atoms. The summed E-state index contributed by atoms with van der Waals surface area (Å²) in [5, 5.41) is 6.54. The molecule has 0 unspecified atom stereocenters. The minimum Gasteiger partial charge on any atom is -0.397 e. The molecular formula is C18H19N5. The Morgan fingerprint density at radius 1 is 0.739 bits per heavy atom. The van der Waals surface area contributed by atoms with Gasteiger partial charge in [0.2, 0.25) is 5.95 Å². The Morgan fingerprint density at radius 2 is 1.35 bits per heavy atom. The summed E-state index contributed by atoms with van der Waals surface area (Å²) in [6, 6.07) is 18.0. The molecule has 3 aromatic rings. The van der Waals surface area contributed by atoms with Gasteiger partial charge in [-0.15, -0.1) is 0 Å². The predicted octanol–water partition coefficient (Wildman–Crippen LogP) is 3.28. The number of nitrogens with two attached hydrogens (primary N) is 1. The highest BCUT2D eigenvalue weighted by Gasteiger charge is 1.99.